The van der Waals surface area contributed by atoms with E-state index in [4.69, 9.17) is 29.2 Å². The van der Waals surface area contributed by atoms with Gasteiger partial charge in [0.1, 0.15) is 26.4 Å². The summed E-state index contributed by atoms with van der Waals surface area (Å²) in [5.41, 5.74) is 4.36. The van der Waals surface area contributed by atoms with Gasteiger partial charge in [0.2, 0.25) is 0 Å². The van der Waals surface area contributed by atoms with E-state index in [1.165, 1.54) is 0 Å². The summed E-state index contributed by atoms with van der Waals surface area (Å²) < 4.78 is 20.1. The molecule has 292 valence electrons. The fourth-order valence-electron chi connectivity index (χ4n) is 4.90. The molecular formula is C39H44N4O12. The normalized spacial score (nSPS) is 10.8. The van der Waals surface area contributed by atoms with Crippen LogP contribution in [0.25, 0.3) is 0 Å². The lowest BCUT2D eigenvalue weighted by Crippen LogP contribution is -2.42. The minimum Gasteiger partial charge on any atom is -0.448 e. The van der Waals surface area contributed by atoms with Crippen LogP contribution in [0.5, 0.6) is 0 Å². The standard InChI is InChI=1S/C39H44N4O12/c44-17-19-52-35(48)40-31-9-1-27(2-10-31)21-29-5-13-33(14-6-29)42-37(50)54-25-39(23-46,24-47)26-55-38(51)43-34-15-7-30(8-16-34)22-28-3-11-32(12-4-28)41-36(49)53-20-18-45/h1-16,44-47H,17-26H2,(H,40,48)(H,41,49)(H,42,50)(H,43,51). The number of anilines is 4. The zero-order valence-electron chi connectivity index (χ0n) is 29.9. The topological polar surface area (TPSA) is 234 Å². The van der Waals surface area contributed by atoms with E-state index in [2.05, 4.69) is 21.3 Å². The van der Waals surface area contributed by atoms with Crippen molar-refractivity contribution >= 4 is 47.1 Å². The zero-order valence-corrected chi connectivity index (χ0v) is 29.9. The molecule has 0 spiro atoms. The van der Waals surface area contributed by atoms with E-state index in [0.717, 1.165) is 22.3 Å². The largest absolute Gasteiger partial charge is 0.448 e. The van der Waals surface area contributed by atoms with E-state index < -0.39 is 56.2 Å². The molecule has 55 heavy (non-hydrogen) atoms. The van der Waals surface area contributed by atoms with Crippen LogP contribution in [0.15, 0.2) is 97.1 Å². The second-order valence-electron chi connectivity index (χ2n) is 12.3. The van der Waals surface area contributed by atoms with E-state index in [9.17, 15) is 29.4 Å². The molecule has 4 aromatic carbocycles. The maximum atomic E-state index is 12.5. The number of carbonyl (C=O) groups is 4. The van der Waals surface area contributed by atoms with Crippen molar-refractivity contribution in [2.75, 3.05) is 74.1 Å². The molecular weight excluding hydrogens is 716 g/mol. The summed E-state index contributed by atoms with van der Waals surface area (Å²) in [6.07, 6.45) is -1.83. The number of rotatable bonds is 18. The second kappa shape index (κ2) is 21.5. The Morgan fingerprint density at radius 2 is 0.673 bits per heavy atom. The Hall–Kier alpha value is -6.20. The number of nitrogens with one attached hydrogen (secondary N) is 4. The van der Waals surface area contributed by atoms with E-state index in [1.54, 1.807) is 48.5 Å². The first-order chi connectivity index (χ1) is 26.6. The van der Waals surface area contributed by atoms with Gasteiger partial charge in [0.05, 0.1) is 31.8 Å². The maximum Gasteiger partial charge on any atom is 0.411 e. The highest BCUT2D eigenvalue weighted by molar-refractivity contribution is 5.86. The molecule has 0 saturated heterocycles. The average molecular weight is 761 g/mol. The van der Waals surface area contributed by atoms with Crippen LogP contribution in [0.4, 0.5) is 41.9 Å². The highest BCUT2D eigenvalue weighted by atomic mass is 16.6. The Labute approximate surface area is 317 Å². The molecule has 0 fully saturated rings. The van der Waals surface area contributed by atoms with Gasteiger partial charge in [-0.2, -0.15) is 0 Å². The number of hydrogen-bond donors (Lipinski definition) is 8. The van der Waals surface area contributed by atoms with E-state index in [-0.39, 0.29) is 26.4 Å². The lowest BCUT2D eigenvalue weighted by molar-refractivity contribution is -0.0378. The van der Waals surface area contributed by atoms with E-state index in [0.29, 0.717) is 35.6 Å². The summed E-state index contributed by atoms with van der Waals surface area (Å²) in [6, 6.07) is 28.3. The number of carbonyl (C=O) groups excluding carboxylic acids is 4. The second-order valence-corrected chi connectivity index (χ2v) is 12.3. The summed E-state index contributed by atoms with van der Waals surface area (Å²) in [6.45, 7) is -2.87. The van der Waals surface area contributed by atoms with Crippen LogP contribution >= 0.6 is 0 Å². The van der Waals surface area contributed by atoms with Crippen molar-refractivity contribution in [2.45, 2.75) is 12.8 Å². The third-order valence-corrected chi connectivity index (χ3v) is 7.96. The molecule has 16 nitrogen and oxygen atoms in total. The molecule has 0 bridgehead atoms. The number of ether oxygens (including phenoxy) is 4. The van der Waals surface area contributed by atoms with Gasteiger partial charge >= 0.3 is 24.4 Å². The van der Waals surface area contributed by atoms with Crippen LogP contribution in [0, 0.1) is 5.41 Å². The van der Waals surface area contributed by atoms with Crippen LogP contribution in [0.3, 0.4) is 0 Å². The summed E-state index contributed by atoms with van der Waals surface area (Å²) in [7, 11) is 0. The molecule has 0 aliphatic carbocycles. The van der Waals surface area contributed by atoms with Gasteiger partial charge in [0.25, 0.3) is 0 Å². The average Bonchev–Trinajstić information content (AvgIpc) is 3.19. The van der Waals surface area contributed by atoms with Crippen LogP contribution in [0.1, 0.15) is 22.3 Å². The van der Waals surface area contributed by atoms with Crippen LogP contribution in [-0.4, -0.2) is 97.7 Å². The van der Waals surface area contributed by atoms with Gasteiger partial charge in [-0.15, -0.1) is 0 Å². The van der Waals surface area contributed by atoms with Crippen molar-refractivity contribution in [3.05, 3.63) is 119 Å². The monoisotopic (exact) mass is 760 g/mol. The molecule has 0 aromatic heterocycles. The van der Waals surface area contributed by atoms with Crippen LogP contribution in [0.2, 0.25) is 0 Å². The lowest BCUT2D eigenvalue weighted by Gasteiger charge is -2.28. The van der Waals surface area contributed by atoms with Crippen molar-refractivity contribution < 1.29 is 58.6 Å². The quantitative estimate of drug-likeness (QED) is 0.0644. The number of amides is 4. The Morgan fingerprint density at radius 3 is 0.909 bits per heavy atom. The predicted molar refractivity (Wildman–Crippen MR) is 202 cm³/mol. The van der Waals surface area contributed by atoms with Crippen molar-refractivity contribution in [3.8, 4) is 0 Å². The number of hydrogen-bond acceptors (Lipinski definition) is 12. The highest BCUT2D eigenvalue weighted by Crippen LogP contribution is 2.21. The molecule has 0 unspecified atom stereocenters. The van der Waals surface area contributed by atoms with E-state index in [1.807, 2.05) is 48.5 Å². The first kappa shape index (κ1) is 41.6. The minimum absolute atomic E-state index is 0.0933. The third kappa shape index (κ3) is 14.3. The molecule has 4 rings (SSSR count). The van der Waals surface area contributed by atoms with Crippen molar-refractivity contribution in [1.82, 2.24) is 0 Å². The highest BCUT2D eigenvalue weighted by Gasteiger charge is 2.33. The number of aliphatic hydroxyl groups excluding tert-OH is 4. The zero-order chi connectivity index (χ0) is 39.5. The molecule has 0 radical (unpaired) electrons. The van der Waals surface area contributed by atoms with Gasteiger partial charge in [-0.25, -0.2) is 19.2 Å². The summed E-state index contributed by atoms with van der Waals surface area (Å²) in [5.74, 6) is 0. The Balaban J connectivity index is 1.18. The van der Waals surface area contributed by atoms with Gasteiger partial charge in [-0.1, -0.05) is 48.5 Å². The third-order valence-electron chi connectivity index (χ3n) is 7.96. The fraction of sp³-hybridized carbons (Fsp3) is 0.282. The van der Waals surface area contributed by atoms with Crippen molar-refractivity contribution in [1.29, 1.82) is 0 Å². The summed E-state index contributed by atoms with van der Waals surface area (Å²) in [4.78, 5) is 48.4. The predicted octanol–water partition coefficient (Wildman–Crippen LogP) is 4.72. The van der Waals surface area contributed by atoms with Crippen LogP contribution < -0.4 is 21.3 Å². The van der Waals surface area contributed by atoms with Crippen molar-refractivity contribution in [2.24, 2.45) is 5.41 Å². The molecule has 0 aliphatic heterocycles. The van der Waals surface area contributed by atoms with Gasteiger partial charge in [-0.05, 0) is 83.6 Å². The smallest absolute Gasteiger partial charge is 0.411 e. The first-order valence-corrected chi connectivity index (χ1v) is 17.2. The minimum atomic E-state index is -1.46. The molecule has 0 atom stereocenters. The molecule has 8 N–H and O–H groups in total. The van der Waals surface area contributed by atoms with Crippen molar-refractivity contribution in [3.63, 3.8) is 0 Å². The fourth-order valence-corrected chi connectivity index (χ4v) is 4.90. The maximum absolute atomic E-state index is 12.5. The molecule has 0 aliphatic rings. The molecule has 16 heteroatoms. The number of aliphatic hydroxyl groups is 4. The summed E-state index contributed by atoms with van der Waals surface area (Å²) >= 11 is 0. The van der Waals surface area contributed by atoms with Gasteiger partial charge in [0.15, 0.2) is 0 Å². The molecule has 4 aromatic rings. The SMILES string of the molecule is O=C(Nc1ccc(Cc2ccc(NC(=O)OCC(CO)(CO)COC(=O)Nc3ccc(Cc4ccc(NC(=O)OCCO)cc4)cc3)cc2)cc1)OCCO. The van der Waals surface area contributed by atoms with Gasteiger partial charge in [-0.3, -0.25) is 21.3 Å². The number of benzene rings is 4. The van der Waals surface area contributed by atoms with Gasteiger partial charge < -0.3 is 39.4 Å². The molecule has 0 saturated carbocycles. The Bertz CT molecular complexity index is 1690. The molecule has 4 amide bonds. The van der Waals surface area contributed by atoms with Gasteiger partial charge in [0, 0.05) is 22.7 Å². The Morgan fingerprint density at radius 1 is 0.418 bits per heavy atom. The van der Waals surface area contributed by atoms with E-state index >= 15 is 0 Å². The lowest BCUT2D eigenvalue weighted by atomic mass is 9.92. The Kier molecular flexibility index (Phi) is 16.2. The first-order valence-electron chi connectivity index (χ1n) is 17.2. The van der Waals surface area contributed by atoms with Crippen LogP contribution in [-0.2, 0) is 31.8 Å². The summed E-state index contributed by atoms with van der Waals surface area (Å²) in [5, 5.41) is 47.8. The molecule has 0 heterocycles.